The number of hydrogen-bond donors (Lipinski definition) is 1. The summed E-state index contributed by atoms with van der Waals surface area (Å²) in [5, 5.41) is 15.7. The minimum atomic E-state index is -0.443. The molecule has 8 heteroatoms. The van der Waals surface area contributed by atoms with E-state index in [1.165, 1.54) is 0 Å². The number of rotatable bonds is 5. The van der Waals surface area contributed by atoms with Gasteiger partial charge in [-0.05, 0) is 29.6 Å². The number of halogens is 1. The van der Waals surface area contributed by atoms with Crippen molar-refractivity contribution in [2.45, 2.75) is 4.90 Å². The van der Waals surface area contributed by atoms with Crippen molar-refractivity contribution >= 4 is 51.3 Å². The summed E-state index contributed by atoms with van der Waals surface area (Å²) in [7, 11) is 0. The van der Waals surface area contributed by atoms with E-state index >= 15 is 0 Å². The third-order valence-corrected chi connectivity index (χ3v) is 4.52. The van der Waals surface area contributed by atoms with Gasteiger partial charge in [-0.15, -0.1) is 11.8 Å². The number of benzene rings is 1. The van der Waals surface area contributed by atoms with Crippen molar-refractivity contribution in [1.29, 1.82) is 0 Å². The lowest BCUT2D eigenvalue weighted by molar-refractivity contribution is -0.382. The van der Waals surface area contributed by atoms with Gasteiger partial charge < -0.3 is 5.32 Å². The average Bonchev–Trinajstić information content (AvgIpc) is 2.85. The third-order valence-electron chi connectivity index (χ3n) is 2.24. The number of hydrogen-bond acceptors (Lipinski definition) is 5. The molecule has 0 aliphatic rings. The van der Waals surface area contributed by atoms with Gasteiger partial charge in [0.2, 0.25) is 5.91 Å². The minimum absolute atomic E-state index is 0.0607. The fraction of sp³-hybridized carbons (Fsp3) is 0.0833. The molecular formula is C12H9ClN2O3S2. The summed E-state index contributed by atoms with van der Waals surface area (Å²) in [5.74, 6) is -0.137. The number of nitrogens with one attached hydrogen (secondary N) is 1. The molecule has 0 aliphatic heterocycles. The second-order valence-corrected chi connectivity index (χ2v) is 6.04. The van der Waals surface area contributed by atoms with Crippen LogP contribution in [0.25, 0.3) is 0 Å². The number of thioether (sulfide) groups is 1. The molecule has 2 rings (SSSR count). The fourth-order valence-electron chi connectivity index (χ4n) is 1.44. The number of carbonyl (C=O) groups is 1. The van der Waals surface area contributed by atoms with Gasteiger partial charge in [-0.2, -0.15) is 0 Å². The standard InChI is InChI=1S/C12H9ClN2O3S2/c13-8-2-1-3-9(6-8)14-11(16)7-20-10-4-5-19-12(10)15(17)18/h1-6H,7H2,(H,14,16). The van der Waals surface area contributed by atoms with Gasteiger partial charge in [-0.1, -0.05) is 29.0 Å². The van der Waals surface area contributed by atoms with Gasteiger partial charge in [-0.25, -0.2) is 0 Å². The second kappa shape index (κ2) is 6.74. The first-order valence-corrected chi connectivity index (χ1v) is 7.70. The van der Waals surface area contributed by atoms with E-state index < -0.39 is 4.92 Å². The molecule has 1 aromatic carbocycles. The summed E-state index contributed by atoms with van der Waals surface area (Å²) in [6.07, 6.45) is 0. The van der Waals surface area contributed by atoms with Crippen LogP contribution in [0.1, 0.15) is 0 Å². The molecule has 0 aliphatic carbocycles. The van der Waals surface area contributed by atoms with Crippen LogP contribution in [-0.4, -0.2) is 16.6 Å². The summed E-state index contributed by atoms with van der Waals surface area (Å²) >= 11 is 8.00. The monoisotopic (exact) mass is 328 g/mol. The quantitative estimate of drug-likeness (QED) is 0.510. The van der Waals surface area contributed by atoms with Gasteiger partial charge in [0.1, 0.15) is 0 Å². The van der Waals surface area contributed by atoms with Crippen LogP contribution in [0.3, 0.4) is 0 Å². The molecule has 0 saturated carbocycles. The Morgan fingerprint density at radius 1 is 1.45 bits per heavy atom. The Morgan fingerprint density at radius 3 is 2.95 bits per heavy atom. The summed E-state index contributed by atoms with van der Waals surface area (Å²) in [6.45, 7) is 0. The first-order valence-electron chi connectivity index (χ1n) is 5.46. The Balaban J connectivity index is 1.92. The van der Waals surface area contributed by atoms with Gasteiger partial charge in [0.25, 0.3) is 0 Å². The lowest BCUT2D eigenvalue weighted by atomic mass is 10.3. The van der Waals surface area contributed by atoms with Crippen LogP contribution < -0.4 is 5.32 Å². The van der Waals surface area contributed by atoms with Crippen LogP contribution in [0, 0.1) is 10.1 Å². The van der Waals surface area contributed by atoms with E-state index in [0.717, 1.165) is 23.1 Å². The molecule has 1 amide bonds. The van der Waals surface area contributed by atoms with E-state index in [1.54, 1.807) is 35.7 Å². The first kappa shape index (κ1) is 14.8. The molecule has 20 heavy (non-hydrogen) atoms. The van der Waals surface area contributed by atoms with Crippen LogP contribution in [0.15, 0.2) is 40.6 Å². The highest BCUT2D eigenvalue weighted by Crippen LogP contribution is 2.34. The number of amides is 1. The van der Waals surface area contributed by atoms with E-state index in [-0.39, 0.29) is 16.7 Å². The third kappa shape index (κ3) is 3.96. The first-order chi connectivity index (χ1) is 9.56. The molecule has 0 spiro atoms. The molecule has 104 valence electrons. The van der Waals surface area contributed by atoms with Crippen molar-refractivity contribution in [2.75, 3.05) is 11.1 Å². The number of carbonyl (C=O) groups excluding carboxylic acids is 1. The van der Waals surface area contributed by atoms with E-state index in [9.17, 15) is 14.9 Å². The molecule has 1 aromatic heterocycles. The molecule has 0 saturated heterocycles. The van der Waals surface area contributed by atoms with E-state index in [4.69, 9.17) is 11.6 Å². The predicted molar refractivity (Wildman–Crippen MR) is 81.8 cm³/mol. The highest BCUT2D eigenvalue weighted by Gasteiger charge is 2.16. The van der Waals surface area contributed by atoms with Gasteiger partial charge in [0, 0.05) is 10.7 Å². The number of nitrogens with zero attached hydrogens (tertiary/aromatic N) is 1. The zero-order chi connectivity index (χ0) is 14.5. The number of anilines is 1. The SMILES string of the molecule is O=C(CSc1ccsc1[N+](=O)[O-])Nc1cccc(Cl)c1. The minimum Gasteiger partial charge on any atom is -0.325 e. The molecule has 0 atom stereocenters. The highest BCUT2D eigenvalue weighted by molar-refractivity contribution is 8.00. The highest BCUT2D eigenvalue weighted by atomic mass is 35.5. The zero-order valence-electron chi connectivity index (χ0n) is 10.0. The van der Waals surface area contributed by atoms with Crippen molar-refractivity contribution in [3.8, 4) is 0 Å². The Bertz CT molecular complexity index is 645. The predicted octanol–water partition coefficient (Wildman–Crippen LogP) is 4.04. The van der Waals surface area contributed by atoms with Gasteiger partial charge >= 0.3 is 5.00 Å². The molecule has 1 heterocycles. The smallest absolute Gasteiger partial charge is 0.325 e. The van der Waals surface area contributed by atoms with Crippen LogP contribution in [0.5, 0.6) is 0 Å². The number of nitro groups is 1. The zero-order valence-corrected chi connectivity index (χ0v) is 12.4. The molecule has 2 aromatic rings. The lowest BCUT2D eigenvalue weighted by Gasteiger charge is -2.04. The van der Waals surface area contributed by atoms with Crippen molar-refractivity contribution in [3.05, 3.63) is 50.8 Å². The molecule has 0 radical (unpaired) electrons. The molecule has 1 N–H and O–H groups in total. The van der Waals surface area contributed by atoms with Gasteiger partial charge in [0.15, 0.2) is 0 Å². The van der Waals surface area contributed by atoms with Crippen molar-refractivity contribution in [3.63, 3.8) is 0 Å². The summed E-state index contributed by atoms with van der Waals surface area (Å²) in [6, 6.07) is 8.44. The number of thiophene rings is 1. The molecular weight excluding hydrogens is 320 g/mol. The molecule has 5 nitrogen and oxygen atoms in total. The average molecular weight is 329 g/mol. The molecule has 0 unspecified atom stereocenters. The Hall–Kier alpha value is -1.57. The maximum absolute atomic E-state index is 11.8. The van der Waals surface area contributed by atoms with E-state index in [2.05, 4.69) is 5.32 Å². The second-order valence-electron chi connectivity index (χ2n) is 3.69. The summed E-state index contributed by atoms with van der Waals surface area (Å²) in [5.41, 5.74) is 0.600. The summed E-state index contributed by atoms with van der Waals surface area (Å²) < 4.78 is 0. The van der Waals surface area contributed by atoms with Crippen LogP contribution in [0.2, 0.25) is 5.02 Å². The van der Waals surface area contributed by atoms with Crippen molar-refractivity contribution < 1.29 is 9.72 Å². The van der Waals surface area contributed by atoms with E-state index in [0.29, 0.717) is 15.6 Å². The Kier molecular flexibility index (Phi) is 4.99. The van der Waals surface area contributed by atoms with Crippen LogP contribution >= 0.6 is 34.7 Å². The summed E-state index contributed by atoms with van der Waals surface area (Å²) in [4.78, 5) is 22.6. The van der Waals surface area contributed by atoms with Crippen molar-refractivity contribution in [1.82, 2.24) is 0 Å². The topological polar surface area (TPSA) is 72.2 Å². The molecule has 0 fully saturated rings. The lowest BCUT2D eigenvalue weighted by Crippen LogP contribution is -2.13. The van der Waals surface area contributed by atoms with Crippen LogP contribution in [0.4, 0.5) is 10.7 Å². The van der Waals surface area contributed by atoms with Crippen LogP contribution in [-0.2, 0) is 4.79 Å². The Morgan fingerprint density at radius 2 is 2.25 bits per heavy atom. The van der Waals surface area contributed by atoms with Gasteiger partial charge in [-0.3, -0.25) is 14.9 Å². The molecule has 0 bridgehead atoms. The van der Waals surface area contributed by atoms with Gasteiger partial charge in [0.05, 0.1) is 15.6 Å². The maximum Gasteiger partial charge on any atom is 0.337 e. The Labute approximate surface area is 128 Å². The maximum atomic E-state index is 11.8. The van der Waals surface area contributed by atoms with E-state index in [1.807, 2.05) is 0 Å². The van der Waals surface area contributed by atoms with Crippen molar-refractivity contribution in [2.24, 2.45) is 0 Å². The largest absolute Gasteiger partial charge is 0.337 e. The fourth-order valence-corrected chi connectivity index (χ4v) is 3.36. The normalized spacial score (nSPS) is 10.2.